The fourth-order valence-corrected chi connectivity index (χ4v) is 2.48. The molecule has 3 N–H and O–H groups in total. The maximum Gasteiger partial charge on any atom is 0.188 e. The van der Waals surface area contributed by atoms with E-state index in [9.17, 15) is 0 Å². The Morgan fingerprint density at radius 1 is 1.39 bits per heavy atom. The first-order valence-electron chi connectivity index (χ1n) is 6.39. The number of hydrogen-bond acceptors (Lipinski definition) is 4. The van der Waals surface area contributed by atoms with Crippen LogP contribution >= 0.6 is 0 Å². The maximum atomic E-state index is 8.58. The quantitative estimate of drug-likeness (QED) is 0.371. The minimum Gasteiger partial charge on any atom is -0.409 e. The van der Waals surface area contributed by atoms with Gasteiger partial charge in [0, 0.05) is 13.1 Å². The molecule has 1 aliphatic carbocycles. The van der Waals surface area contributed by atoms with Gasteiger partial charge < -0.3 is 15.8 Å². The van der Waals surface area contributed by atoms with Crippen LogP contribution < -0.4 is 10.6 Å². The summed E-state index contributed by atoms with van der Waals surface area (Å²) < 4.78 is 0. The molecule has 0 bridgehead atoms. The Balaban J connectivity index is 2.08. The van der Waals surface area contributed by atoms with Crippen LogP contribution in [-0.2, 0) is 0 Å². The number of amidine groups is 1. The number of oxime groups is 1. The Morgan fingerprint density at radius 2 is 2.11 bits per heavy atom. The Bertz CT molecular complexity index is 410. The minimum absolute atomic E-state index is 0.0434. The summed E-state index contributed by atoms with van der Waals surface area (Å²) in [6.07, 6.45) is 8.25. The lowest BCUT2D eigenvalue weighted by molar-refractivity contribution is 0.318. The third kappa shape index (κ3) is 2.72. The van der Waals surface area contributed by atoms with Crippen molar-refractivity contribution in [1.82, 2.24) is 4.98 Å². The smallest absolute Gasteiger partial charge is 0.188 e. The molecule has 18 heavy (non-hydrogen) atoms. The zero-order valence-corrected chi connectivity index (χ0v) is 10.7. The van der Waals surface area contributed by atoms with E-state index in [-0.39, 0.29) is 5.84 Å². The highest BCUT2D eigenvalue weighted by Crippen LogP contribution is 2.25. The first-order valence-corrected chi connectivity index (χ1v) is 6.39. The van der Waals surface area contributed by atoms with Crippen LogP contribution in [0.1, 0.15) is 37.8 Å². The van der Waals surface area contributed by atoms with Crippen molar-refractivity contribution in [1.29, 1.82) is 0 Å². The molecule has 0 saturated heterocycles. The van der Waals surface area contributed by atoms with Gasteiger partial charge in [-0.05, 0) is 25.0 Å². The molecular formula is C13H20N4O. The largest absolute Gasteiger partial charge is 0.409 e. The molecule has 1 heterocycles. The molecule has 0 atom stereocenters. The van der Waals surface area contributed by atoms with Gasteiger partial charge in [0.25, 0.3) is 0 Å². The van der Waals surface area contributed by atoms with Gasteiger partial charge in [0.1, 0.15) is 5.69 Å². The van der Waals surface area contributed by atoms with Gasteiger partial charge in [-0.15, -0.1) is 0 Å². The number of anilines is 1. The van der Waals surface area contributed by atoms with Crippen molar-refractivity contribution < 1.29 is 5.21 Å². The molecule has 0 radical (unpaired) electrons. The van der Waals surface area contributed by atoms with E-state index in [1.165, 1.54) is 32.1 Å². The Kier molecular flexibility index (Phi) is 4.02. The summed E-state index contributed by atoms with van der Waals surface area (Å²) in [4.78, 5) is 6.49. The van der Waals surface area contributed by atoms with Gasteiger partial charge in [-0.3, -0.25) is 4.98 Å². The number of aromatic nitrogens is 1. The summed E-state index contributed by atoms with van der Waals surface area (Å²) in [5.74, 6) is 0.0434. The second-order valence-electron chi connectivity index (χ2n) is 4.79. The highest BCUT2D eigenvalue weighted by atomic mass is 16.4. The van der Waals surface area contributed by atoms with Gasteiger partial charge in [-0.2, -0.15) is 0 Å². The minimum atomic E-state index is 0.0434. The molecule has 0 unspecified atom stereocenters. The van der Waals surface area contributed by atoms with Gasteiger partial charge in [-0.1, -0.05) is 24.4 Å². The molecule has 1 saturated carbocycles. The number of nitrogens with zero attached hydrogens (tertiary/aromatic N) is 3. The monoisotopic (exact) mass is 248 g/mol. The molecular weight excluding hydrogens is 228 g/mol. The van der Waals surface area contributed by atoms with Crippen LogP contribution in [-0.4, -0.2) is 29.1 Å². The summed E-state index contributed by atoms with van der Waals surface area (Å²) in [6.45, 7) is 0. The fraction of sp³-hybridized carbons (Fsp3) is 0.538. The van der Waals surface area contributed by atoms with Crippen molar-refractivity contribution in [2.45, 2.75) is 38.1 Å². The van der Waals surface area contributed by atoms with Crippen LogP contribution in [0.2, 0.25) is 0 Å². The van der Waals surface area contributed by atoms with Crippen molar-refractivity contribution in [3.05, 3.63) is 24.0 Å². The normalized spacial score (nSPS) is 17.7. The number of hydrogen-bond donors (Lipinski definition) is 2. The van der Waals surface area contributed by atoms with Crippen molar-refractivity contribution in [3.8, 4) is 0 Å². The molecule has 0 spiro atoms. The lowest BCUT2D eigenvalue weighted by Crippen LogP contribution is -2.33. The average Bonchev–Trinajstić information content (AvgIpc) is 2.47. The molecule has 2 rings (SSSR count). The summed E-state index contributed by atoms with van der Waals surface area (Å²) in [6, 6.07) is 4.36. The Labute approximate surface area is 107 Å². The van der Waals surface area contributed by atoms with Crippen molar-refractivity contribution in [2.75, 3.05) is 11.9 Å². The molecule has 1 aromatic rings. The summed E-state index contributed by atoms with van der Waals surface area (Å²) >= 11 is 0. The highest BCUT2D eigenvalue weighted by molar-refractivity contribution is 5.95. The van der Waals surface area contributed by atoms with Gasteiger partial charge >= 0.3 is 0 Å². The second-order valence-corrected chi connectivity index (χ2v) is 4.79. The maximum absolute atomic E-state index is 8.58. The van der Waals surface area contributed by atoms with Crippen LogP contribution in [0, 0.1) is 0 Å². The molecule has 1 aromatic heterocycles. The molecule has 98 valence electrons. The number of rotatable bonds is 3. The average molecular weight is 248 g/mol. The first-order chi connectivity index (χ1) is 8.72. The molecule has 5 nitrogen and oxygen atoms in total. The van der Waals surface area contributed by atoms with Crippen molar-refractivity contribution >= 4 is 11.5 Å². The summed E-state index contributed by atoms with van der Waals surface area (Å²) in [7, 11) is 2.11. The van der Waals surface area contributed by atoms with E-state index >= 15 is 0 Å². The molecule has 0 aromatic carbocycles. The van der Waals surface area contributed by atoms with Crippen LogP contribution in [0.3, 0.4) is 0 Å². The van der Waals surface area contributed by atoms with Gasteiger partial charge in [0.05, 0.1) is 11.9 Å². The third-order valence-corrected chi connectivity index (χ3v) is 3.65. The SMILES string of the molecule is CN(c1ccc(/C(N)=N/O)nc1)C1CCCCC1. The van der Waals surface area contributed by atoms with Crippen molar-refractivity contribution in [2.24, 2.45) is 10.9 Å². The molecule has 5 heteroatoms. The molecule has 1 aliphatic rings. The van der Waals surface area contributed by atoms with E-state index in [1.54, 1.807) is 12.3 Å². The van der Waals surface area contributed by atoms with E-state index < -0.39 is 0 Å². The van der Waals surface area contributed by atoms with E-state index in [0.717, 1.165) is 5.69 Å². The Hall–Kier alpha value is -1.78. The van der Waals surface area contributed by atoms with Crippen LogP contribution in [0.5, 0.6) is 0 Å². The lowest BCUT2D eigenvalue weighted by atomic mass is 9.94. The van der Waals surface area contributed by atoms with Crippen LogP contribution in [0.4, 0.5) is 5.69 Å². The van der Waals surface area contributed by atoms with E-state index in [0.29, 0.717) is 11.7 Å². The lowest BCUT2D eigenvalue weighted by Gasteiger charge is -2.32. The molecule has 1 fully saturated rings. The zero-order valence-electron chi connectivity index (χ0n) is 10.7. The predicted octanol–water partition coefficient (Wildman–Crippen LogP) is 1.94. The van der Waals surface area contributed by atoms with Crippen LogP contribution in [0.15, 0.2) is 23.5 Å². The van der Waals surface area contributed by atoms with E-state index in [1.807, 2.05) is 6.07 Å². The fourth-order valence-electron chi connectivity index (χ4n) is 2.48. The predicted molar refractivity (Wildman–Crippen MR) is 72.0 cm³/mol. The standard InChI is InChI=1S/C13H20N4O/c1-17(10-5-3-2-4-6-10)11-7-8-12(15-9-11)13(14)16-18/h7-10,18H,2-6H2,1H3,(H2,14,16). The first kappa shape index (κ1) is 12.7. The third-order valence-electron chi connectivity index (χ3n) is 3.65. The second kappa shape index (κ2) is 5.71. The number of pyridine rings is 1. The van der Waals surface area contributed by atoms with Crippen molar-refractivity contribution in [3.63, 3.8) is 0 Å². The zero-order chi connectivity index (χ0) is 13.0. The van der Waals surface area contributed by atoms with Gasteiger partial charge in [0.15, 0.2) is 5.84 Å². The van der Waals surface area contributed by atoms with Gasteiger partial charge in [0.2, 0.25) is 0 Å². The van der Waals surface area contributed by atoms with Gasteiger partial charge in [-0.25, -0.2) is 0 Å². The topological polar surface area (TPSA) is 74.7 Å². The van der Waals surface area contributed by atoms with E-state index in [4.69, 9.17) is 10.9 Å². The number of nitrogens with two attached hydrogens (primary N) is 1. The molecule has 0 amide bonds. The Morgan fingerprint density at radius 3 is 2.67 bits per heavy atom. The van der Waals surface area contributed by atoms with Crippen LogP contribution in [0.25, 0.3) is 0 Å². The highest BCUT2D eigenvalue weighted by Gasteiger charge is 2.18. The van der Waals surface area contributed by atoms with E-state index in [2.05, 4.69) is 22.1 Å². The summed E-state index contributed by atoms with van der Waals surface area (Å²) in [5.41, 5.74) is 7.07. The summed E-state index contributed by atoms with van der Waals surface area (Å²) in [5, 5.41) is 11.5. The molecule has 0 aliphatic heterocycles.